The van der Waals surface area contributed by atoms with Crippen molar-refractivity contribution in [3.8, 4) is 0 Å². The Labute approximate surface area is 115 Å². The molecule has 3 atom stereocenters. The summed E-state index contributed by atoms with van der Waals surface area (Å²) in [4.78, 5) is 4.15. The molecule has 1 saturated carbocycles. The molecule has 3 heteroatoms. The third kappa shape index (κ3) is 2.95. The minimum atomic E-state index is 0.534. The van der Waals surface area contributed by atoms with Crippen LogP contribution in [-0.4, -0.2) is 24.0 Å². The Morgan fingerprint density at radius 1 is 1.44 bits per heavy atom. The molecule has 0 saturated heterocycles. The van der Waals surface area contributed by atoms with Gasteiger partial charge in [0.25, 0.3) is 0 Å². The lowest BCUT2D eigenvalue weighted by Crippen LogP contribution is -2.45. The maximum Gasteiger partial charge on any atom is 0.0416 e. The predicted molar refractivity (Wildman–Crippen MR) is 79.9 cm³/mol. The molecule has 2 rings (SSSR count). The molecule has 1 aromatic rings. The van der Waals surface area contributed by atoms with Gasteiger partial charge in [0.2, 0.25) is 0 Å². The average Bonchev–Trinajstić information content (AvgIpc) is 2.94. The van der Waals surface area contributed by atoms with E-state index in [0.717, 1.165) is 13.1 Å². The smallest absolute Gasteiger partial charge is 0.0416 e. The molecule has 0 spiro atoms. The van der Waals surface area contributed by atoms with Crippen molar-refractivity contribution < 1.29 is 0 Å². The second-order valence-corrected chi connectivity index (χ2v) is 6.35. The van der Waals surface area contributed by atoms with Gasteiger partial charge >= 0.3 is 0 Å². The molecular formula is C15H26N2S. The first-order valence-electron chi connectivity index (χ1n) is 7.27. The molecule has 1 fully saturated rings. The minimum Gasteiger partial charge on any atom is -0.330 e. The third-order valence-corrected chi connectivity index (χ3v) is 5.46. The molecule has 0 aliphatic heterocycles. The van der Waals surface area contributed by atoms with Crippen molar-refractivity contribution in [1.29, 1.82) is 0 Å². The molecule has 1 aliphatic carbocycles. The zero-order valence-corrected chi connectivity index (χ0v) is 12.5. The number of hydrogen-bond donors (Lipinski definition) is 1. The van der Waals surface area contributed by atoms with Crippen LogP contribution in [0.1, 0.15) is 50.4 Å². The second kappa shape index (κ2) is 6.69. The average molecular weight is 266 g/mol. The van der Waals surface area contributed by atoms with Gasteiger partial charge in [0.15, 0.2) is 0 Å². The van der Waals surface area contributed by atoms with E-state index in [4.69, 9.17) is 5.73 Å². The van der Waals surface area contributed by atoms with E-state index >= 15 is 0 Å². The van der Waals surface area contributed by atoms with Crippen LogP contribution in [0.5, 0.6) is 0 Å². The van der Waals surface area contributed by atoms with Gasteiger partial charge in [-0.1, -0.05) is 25.8 Å². The Hall–Kier alpha value is -0.380. The van der Waals surface area contributed by atoms with E-state index < -0.39 is 0 Å². The summed E-state index contributed by atoms with van der Waals surface area (Å²) in [7, 11) is 0. The molecule has 1 heterocycles. The zero-order valence-electron chi connectivity index (χ0n) is 11.6. The predicted octanol–water partition coefficient (Wildman–Crippen LogP) is 3.65. The van der Waals surface area contributed by atoms with E-state index in [-0.39, 0.29) is 0 Å². The maximum atomic E-state index is 5.98. The van der Waals surface area contributed by atoms with Crippen molar-refractivity contribution in [2.45, 2.75) is 51.6 Å². The molecule has 2 N–H and O–H groups in total. The molecular weight excluding hydrogens is 240 g/mol. The third-order valence-electron chi connectivity index (χ3n) is 4.42. The number of nitrogens with zero attached hydrogens (tertiary/aromatic N) is 1. The molecule has 0 aromatic carbocycles. The highest BCUT2D eigenvalue weighted by Crippen LogP contribution is 2.34. The van der Waals surface area contributed by atoms with Crippen molar-refractivity contribution in [3.05, 3.63) is 22.4 Å². The summed E-state index contributed by atoms with van der Waals surface area (Å²) in [5.74, 6) is 0.695. The fraction of sp³-hybridized carbons (Fsp3) is 0.733. The van der Waals surface area contributed by atoms with Crippen LogP contribution < -0.4 is 5.73 Å². The molecule has 1 aromatic heterocycles. The summed E-state index contributed by atoms with van der Waals surface area (Å²) < 4.78 is 0. The first kappa shape index (κ1) is 14.0. The number of rotatable bonds is 5. The van der Waals surface area contributed by atoms with Gasteiger partial charge in [0.1, 0.15) is 0 Å². The summed E-state index contributed by atoms with van der Waals surface area (Å²) in [5, 5.41) is 2.18. The lowest BCUT2D eigenvalue weighted by molar-refractivity contribution is 0.0783. The number of hydrogen-bond acceptors (Lipinski definition) is 3. The highest BCUT2D eigenvalue weighted by atomic mass is 32.1. The van der Waals surface area contributed by atoms with E-state index in [1.165, 1.54) is 30.6 Å². The summed E-state index contributed by atoms with van der Waals surface area (Å²) >= 11 is 1.87. The van der Waals surface area contributed by atoms with Crippen molar-refractivity contribution >= 4 is 11.3 Å². The fourth-order valence-corrected chi connectivity index (χ4v) is 4.19. The SMILES string of the molecule is CCN(C(C)c1cccs1)C1CCCCC1CN. The van der Waals surface area contributed by atoms with Gasteiger partial charge in [-0.05, 0) is 50.2 Å². The second-order valence-electron chi connectivity index (χ2n) is 5.37. The van der Waals surface area contributed by atoms with Gasteiger partial charge in [-0.3, -0.25) is 4.90 Å². The molecule has 2 nitrogen and oxygen atoms in total. The van der Waals surface area contributed by atoms with Crippen LogP contribution in [0.25, 0.3) is 0 Å². The Morgan fingerprint density at radius 2 is 2.22 bits per heavy atom. The minimum absolute atomic E-state index is 0.534. The molecule has 0 radical (unpaired) electrons. The summed E-state index contributed by atoms with van der Waals surface area (Å²) in [6, 6.07) is 5.64. The molecule has 3 unspecified atom stereocenters. The molecule has 1 aliphatic rings. The van der Waals surface area contributed by atoms with Gasteiger partial charge in [0.05, 0.1) is 0 Å². The molecule has 0 amide bonds. The van der Waals surface area contributed by atoms with Crippen molar-refractivity contribution in [2.75, 3.05) is 13.1 Å². The zero-order chi connectivity index (χ0) is 13.0. The van der Waals surface area contributed by atoms with E-state index in [1.54, 1.807) is 0 Å². The lowest BCUT2D eigenvalue weighted by atomic mass is 9.83. The van der Waals surface area contributed by atoms with E-state index in [2.05, 4.69) is 36.3 Å². The van der Waals surface area contributed by atoms with Crippen LogP contribution in [0.4, 0.5) is 0 Å². The van der Waals surface area contributed by atoms with Gasteiger partial charge in [-0.15, -0.1) is 11.3 Å². The van der Waals surface area contributed by atoms with Crippen molar-refractivity contribution in [1.82, 2.24) is 4.90 Å². The standard InChI is InChI=1S/C15H26N2S/c1-3-17(12(2)15-9-6-10-18-15)14-8-5-4-7-13(14)11-16/h6,9-10,12-14H,3-5,7-8,11,16H2,1-2H3. The highest BCUT2D eigenvalue weighted by molar-refractivity contribution is 7.10. The Kier molecular flexibility index (Phi) is 5.22. The van der Waals surface area contributed by atoms with Gasteiger partial charge in [0, 0.05) is 17.0 Å². The first-order chi connectivity index (χ1) is 8.77. The van der Waals surface area contributed by atoms with Crippen LogP contribution in [0, 0.1) is 5.92 Å². The van der Waals surface area contributed by atoms with Crippen LogP contribution in [0.15, 0.2) is 17.5 Å². The van der Waals surface area contributed by atoms with E-state index in [0.29, 0.717) is 18.0 Å². The Morgan fingerprint density at radius 3 is 2.83 bits per heavy atom. The highest BCUT2D eigenvalue weighted by Gasteiger charge is 2.31. The van der Waals surface area contributed by atoms with Crippen molar-refractivity contribution in [3.63, 3.8) is 0 Å². The van der Waals surface area contributed by atoms with E-state index in [9.17, 15) is 0 Å². The monoisotopic (exact) mass is 266 g/mol. The van der Waals surface area contributed by atoms with E-state index in [1.807, 2.05) is 11.3 Å². The Balaban J connectivity index is 2.11. The normalized spacial score (nSPS) is 26.4. The maximum absolute atomic E-state index is 5.98. The number of nitrogens with two attached hydrogens (primary N) is 1. The Bertz CT molecular complexity index is 336. The molecule has 0 bridgehead atoms. The van der Waals surface area contributed by atoms with Crippen molar-refractivity contribution in [2.24, 2.45) is 11.7 Å². The summed E-state index contributed by atoms with van der Waals surface area (Å²) in [5.41, 5.74) is 5.98. The van der Waals surface area contributed by atoms with Gasteiger partial charge in [-0.25, -0.2) is 0 Å². The van der Waals surface area contributed by atoms with Crippen LogP contribution in [-0.2, 0) is 0 Å². The summed E-state index contributed by atoms with van der Waals surface area (Å²) in [6.45, 7) is 6.60. The topological polar surface area (TPSA) is 29.3 Å². The van der Waals surface area contributed by atoms with Gasteiger partial charge < -0.3 is 5.73 Å². The van der Waals surface area contributed by atoms with Crippen LogP contribution >= 0.6 is 11.3 Å². The quantitative estimate of drug-likeness (QED) is 0.881. The summed E-state index contributed by atoms with van der Waals surface area (Å²) in [6.07, 6.45) is 5.37. The first-order valence-corrected chi connectivity index (χ1v) is 8.15. The molecule has 18 heavy (non-hydrogen) atoms. The van der Waals surface area contributed by atoms with Crippen LogP contribution in [0.2, 0.25) is 0 Å². The van der Waals surface area contributed by atoms with Gasteiger partial charge in [-0.2, -0.15) is 0 Å². The lowest BCUT2D eigenvalue weighted by Gasteiger charge is -2.42. The van der Waals surface area contributed by atoms with Crippen LogP contribution in [0.3, 0.4) is 0 Å². The largest absolute Gasteiger partial charge is 0.330 e. The number of thiophene rings is 1. The molecule has 102 valence electrons. The fourth-order valence-electron chi connectivity index (χ4n) is 3.39.